The molecular weight excluding hydrogens is 490 g/mol. The van der Waals surface area contributed by atoms with Gasteiger partial charge in [0, 0.05) is 50.8 Å². The molecule has 0 saturated carbocycles. The van der Waals surface area contributed by atoms with Crippen LogP contribution in [0.4, 0.5) is 0 Å². The van der Waals surface area contributed by atoms with Gasteiger partial charge in [-0.15, -0.1) is 11.3 Å². The average Bonchev–Trinajstić information content (AvgIpc) is 3.37. The molecule has 39 heavy (non-hydrogen) atoms. The predicted octanol–water partition coefficient (Wildman–Crippen LogP) is 11.4. The summed E-state index contributed by atoms with van der Waals surface area (Å²) in [4.78, 5) is 4.66. The predicted molar refractivity (Wildman–Crippen MR) is 173 cm³/mol. The average molecular weight is 530 g/mol. The van der Waals surface area contributed by atoms with Gasteiger partial charge in [-0.25, -0.2) is 0 Å². The number of rotatable bonds is 3. The van der Waals surface area contributed by atoms with E-state index < -0.39 is 13.7 Å². The molecule has 7 aromatic rings. The first-order valence-electron chi connectivity index (χ1n) is 16.5. The van der Waals surface area contributed by atoms with Gasteiger partial charge < -0.3 is 0 Å². The lowest BCUT2D eigenvalue weighted by Gasteiger charge is -2.20. The van der Waals surface area contributed by atoms with Crippen LogP contribution in [0.5, 0.6) is 0 Å². The lowest BCUT2D eigenvalue weighted by atomic mass is 9.85. The molecular formula is C37H33NS. The van der Waals surface area contributed by atoms with Gasteiger partial charge in [0.2, 0.25) is 0 Å². The molecule has 2 heteroatoms. The minimum absolute atomic E-state index is 0.138. The van der Waals surface area contributed by atoms with Crippen LogP contribution in [0.15, 0.2) is 79.0 Å². The quantitative estimate of drug-likeness (QED) is 0.207. The largest absolute Gasteiger partial charge is 0.255 e. The number of fused-ring (bicyclic) bond motifs is 10. The molecule has 2 heterocycles. The van der Waals surface area contributed by atoms with Crippen molar-refractivity contribution in [3.63, 3.8) is 0 Å². The number of aryl methyl sites for hydroxylation is 2. The zero-order chi connectivity index (χ0) is 32.0. The minimum Gasteiger partial charge on any atom is -0.255 e. The molecule has 5 aromatic carbocycles. The molecule has 0 amide bonds. The molecule has 0 aliphatic heterocycles. The molecule has 192 valence electrons. The summed E-state index contributed by atoms with van der Waals surface area (Å²) in [5.74, 6) is 0.720. The van der Waals surface area contributed by atoms with Gasteiger partial charge in [-0.05, 0) is 75.8 Å². The molecule has 0 N–H and O–H groups in total. The van der Waals surface area contributed by atoms with E-state index in [9.17, 15) is 0 Å². The summed E-state index contributed by atoms with van der Waals surface area (Å²) in [7, 11) is 0. The highest BCUT2D eigenvalue weighted by Gasteiger charge is 2.19. The number of thiophene rings is 1. The zero-order valence-corrected chi connectivity index (χ0v) is 23.3. The summed E-state index contributed by atoms with van der Waals surface area (Å²) in [6.07, 6.45) is 1.24. The van der Waals surface area contributed by atoms with Crippen molar-refractivity contribution < 1.29 is 8.22 Å². The van der Waals surface area contributed by atoms with Gasteiger partial charge in [0.15, 0.2) is 0 Å². The van der Waals surface area contributed by atoms with Crippen LogP contribution in [0.1, 0.15) is 70.0 Å². The number of aromatic nitrogens is 1. The molecule has 0 radical (unpaired) electrons. The SMILES string of the molecule is [2H]C([2H])([2H])c1cnc2c3ccccc3c3ccc4c5ccc(-c6c(C(C)C)cccc6C(C)C)cc5sc4c3c2c1C([2H])([2H])[2H]. The third kappa shape index (κ3) is 3.54. The summed E-state index contributed by atoms with van der Waals surface area (Å²) in [5.41, 5.74) is 5.22. The van der Waals surface area contributed by atoms with Crippen molar-refractivity contribution >= 4 is 64.0 Å². The maximum absolute atomic E-state index is 8.57. The first-order chi connectivity index (χ1) is 21.3. The fraction of sp³-hybridized carbons (Fsp3) is 0.216. The molecule has 0 fully saturated rings. The first kappa shape index (κ1) is 18.5. The van der Waals surface area contributed by atoms with E-state index in [1.807, 2.05) is 24.3 Å². The fourth-order valence-corrected chi connectivity index (χ4v) is 7.53. The van der Waals surface area contributed by atoms with E-state index in [4.69, 9.17) is 8.22 Å². The van der Waals surface area contributed by atoms with E-state index in [1.54, 1.807) is 11.3 Å². The molecule has 2 aromatic heterocycles. The molecule has 7 rings (SSSR count). The van der Waals surface area contributed by atoms with Crippen molar-refractivity contribution in [2.45, 2.75) is 53.2 Å². The second-order valence-electron chi connectivity index (χ2n) is 11.1. The highest BCUT2D eigenvalue weighted by Crippen LogP contribution is 2.46. The zero-order valence-electron chi connectivity index (χ0n) is 28.5. The Morgan fingerprint density at radius 2 is 1.41 bits per heavy atom. The number of pyridine rings is 1. The smallest absolute Gasteiger partial charge is 0.0790 e. The highest BCUT2D eigenvalue weighted by molar-refractivity contribution is 7.26. The van der Waals surface area contributed by atoms with Gasteiger partial charge in [-0.2, -0.15) is 0 Å². The molecule has 0 unspecified atom stereocenters. The van der Waals surface area contributed by atoms with Gasteiger partial charge in [0.1, 0.15) is 0 Å². The van der Waals surface area contributed by atoms with Crippen molar-refractivity contribution in [2.24, 2.45) is 0 Å². The Morgan fingerprint density at radius 3 is 2.13 bits per heavy atom. The van der Waals surface area contributed by atoms with E-state index >= 15 is 0 Å². The Kier molecular flexibility index (Phi) is 4.22. The maximum atomic E-state index is 8.57. The molecule has 1 nitrogen and oxygen atoms in total. The summed E-state index contributed by atoms with van der Waals surface area (Å²) >= 11 is 1.63. The van der Waals surface area contributed by atoms with E-state index in [1.165, 1.54) is 22.9 Å². The molecule has 0 saturated heterocycles. The standard InChI is InChI=1S/C37H33NS/c1-20(2)25-12-9-13-26(21(3)4)34(25)24-14-15-28-31-17-16-29-27-10-7-8-11-30(27)36-33(23(6)22(5)19-38-36)35(29)37(31)39-32(28)18-24/h7-21H,1-6H3/i5D3,6D3. The van der Waals surface area contributed by atoms with E-state index in [-0.39, 0.29) is 11.1 Å². The number of benzene rings is 5. The Hall–Kier alpha value is -3.75. The monoisotopic (exact) mass is 529 g/mol. The van der Waals surface area contributed by atoms with Crippen LogP contribution in [-0.4, -0.2) is 4.98 Å². The van der Waals surface area contributed by atoms with Gasteiger partial charge in [0.05, 0.1) is 5.52 Å². The molecule has 0 atom stereocenters. The van der Waals surface area contributed by atoms with Crippen LogP contribution in [0.2, 0.25) is 0 Å². The van der Waals surface area contributed by atoms with Crippen LogP contribution < -0.4 is 0 Å². The molecule has 0 aliphatic rings. The molecule has 0 spiro atoms. The lowest BCUT2D eigenvalue weighted by molar-refractivity contribution is 0.838. The highest BCUT2D eigenvalue weighted by atomic mass is 32.1. The Labute approximate surface area is 242 Å². The van der Waals surface area contributed by atoms with Gasteiger partial charge in [-0.3, -0.25) is 4.98 Å². The maximum Gasteiger partial charge on any atom is 0.0790 e. The third-order valence-electron chi connectivity index (χ3n) is 8.10. The van der Waals surface area contributed by atoms with Gasteiger partial charge in [0.25, 0.3) is 0 Å². The van der Waals surface area contributed by atoms with Gasteiger partial charge in [-0.1, -0.05) is 94.4 Å². The fourth-order valence-electron chi connectivity index (χ4n) is 6.24. The Balaban J connectivity index is 1.66. The normalized spacial score (nSPS) is 15.2. The number of hydrogen-bond donors (Lipinski definition) is 0. The van der Waals surface area contributed by atoms with Crippen LogP contribution in [0, 0.1) is 13.7 Å². The molecule has 0 bridgehead atoms. The second kappa shape index (κ2) is 8.89. The Bertz CT molecular complexity index is 2280. The van der Waals surface area contributed by atoms with Crippen LogP contribution in [-0.2, 0) is 0 Å². The second-order valence-corrected chi connectivity index (χ2v) is 12.2. The van der Waals surface area contributed by atoms with E-state index in [2.05, 4.69) is 81.2 Å². The van der Waals surface area contributed by atoms with Crippen molar-refractivity contribution in [1.29, 1.82) is 0 Å². The minimum atomic E-state index is -2.67. The summed E-state index contributed by atoms with van der Waals surface area (Å²) in [6, 6.07) is 25.2. The molecule has 0 aliphatic carbocycles. The number of hydrogen-bond acceptors (Lipinski definition) is 2. The van der Waals surface area contributed by atoms with Crippen molar-refractivity contribution in [3.8, 4) is 11.1 Å². The van der Waals surface area contributed by atoms with Crippen molar-refractivity contribution in [1.82, 2.24) is 4.98 Å². The van der Waals surface area contributed by atoms with Crippen LogP contribution in [0.3, 0.4) is 0 Å². The number of nitrogens with zero attached hydrogens (tertiary/aromatic N) is 1. The first-order valence-corrected chi connectivity index (χ1v) is 14.4. The van der Waals surface area contributed by atoms with Crippen LogP contribution in [0.25, 0.3) is 63.7 Å². The van der Waals surface area contributed by atoms with Crippen molar-refractivity contribution in [3.05, 3.63) is 101 Å². The van der Waals surface area contributed by atoms with Crippen molar-refractivity contribution in [2.75, 3.05) is 0 Å². The summed E-state index contributed by atoms with van der Waals surface area (Å²) < 4.78 is 52.4. The van der Waals surface area contributed by atoms with Gasteiger partial charge >= 0.3 is 0 Å². The summed E-state index contributed by atoms with van der Waals surface area (Å²) in [6.45, 7) is 3.61. The van der Waals surface area contributed by atoms with Crippen LogP contribution >= 0.6 is 11.3 Å². The third-order valence-corrected chi connectivity index (χ3v) is 9.29. The Morgan fingerprint density at radius 1 is 0.692 bits per heavy atom. The lowest BCUT2D eigenvalue weighted by Crippen LogP contribution is -1.99. The topological polar surface area (TPSA) is 12.9 Å². The van der Waals surface area contributed by atoms with E-state index in [0.29, 0.717) is 22.7 Å². The summed E-state index contributed by atoms with van der Waals surface area (Å²) in [5, 5.41) is 5.91. The van der Waals surface area contributed by atoms with E-state index in [0.717, 1.165) is 47.3 Å².